The normalized spacial score (nSPS) is 12.4. The van der Waals surface area contributed by atoms with Crippen molar-refractivity contribution < 1.29 is 18.7 Å². The van der Waals surface area contributed by atoms with Crippen LogP contribution in [0.15, 0.2) is 59.4 Å². The van der Waals surface area contributed by atoms with Crippen molar-refractivity contribution in [1.82, 2.24) is 14.4 Å². The van der Waals surface area contributed by atoms with Crippen molar-refractivity contribution in [1.29, 1.82) is 0 Å². The summed E-state index contributed by atoms with van der Waals surface area (Å²) in [6.45, 7) is 0.218. The predicted octanol–water partition coefficient (Wildman–Crippen LogP) is 5.24. The largest absolute Gasteiger partial charge is 0.454 e. The lowest BCUT2D eigenvalue weighted by Crippen LogP contribution is -2.15. The van der Waals surface area contributed by atoms with Crippen LogP contribution in [-0.4, -0.2) is 27.1 Å². The number of carbonyl (C=O) groups excluding carboxylic acids is 1. The zero-order chi connectivity index (χ0) is 22.4. The van der Waals surface area contributed by atoms with E-state index >= 15 is 0 Å². The highest BCUT2D eigenvalue weighted by atomic mass is 32.1. The van der Waals surface area contributed by atoms with E-state index in [2.05, 4.69) is 15.3 Å². The molecule has 5 aromatic rings. The van der Waals surface area contributed by atoms with Gasteiger partial charge in [-0.05, 0) is 42.5 Å². The third-order valence-corrected chi connectivity index (χ3v) is 6.83. The molecule has 164 valence electrons. The minimum atomic E-state index is -0.291. The lowest BCUT2D eigenvalue weighted by molar-refractivity contribution is -0.115. The van der Waals surface area contributed by atoms with E-state index in [-0.39, 0.29) is 24.9 Å². The van der Waals surface area contributed by atoms with Crippen molar-refractivity contribution in [2.24, 2.45) is 0 Å². The van der Waals surface area contributed by atoms with Crippen LogP contribution in [0.25, 0.3) is 27.5 Å². The van der Waals surface area contributed by atoms with E-state index < -0.39 is 0 Å². The molecular formula is C23H15FN4O3S2. The molecule has 3 aromatic heterocycles. The van der Waals surface area contributed by atoms with Gasteiger partial charge in [-0.25, -0.2) is 14.4 Å². The smallest absolute Gasteiger partial charge is 0.232 e. The Morgan fingerprint density at radius 2 is 1.82 bits per heavy atom. The van der Waals surface area contributed by atoms with Crippen LogP contribution in [-0.2, 0) is 11.2 Å². The fourth-order valence-corrected chi connectivity index (χ4v) is 5.17. The van der Waals surface area contributed by atoms with Crippen LogP contribution in [0.3, 0.4) is 0 Å². The quantitative estimate of drug-likeness (QED) is 0.374. The highest BCUT2D eigenvalue weighted by molar-refractivity contribution is 7.15. The van der Waals surface area contributed by atoms with Crippen molar-refractivity contribution in [2.45, 2.75) is 6.42 Å². The second-order valence-electron chi connectivity index (χ2n) is 7.34. The van der Waals surface area contributed by atoms with Crippen molar-refractivity contribution in [3.05, 3.63) is 70.9 Å². The molecule has 10 heteroatoms. The van der Waals surface area contributed by atoms with Gasteiger partial charge in [0.25, 0.3) is 0 Å². The summed E-state index contributed by atoms with van der Waals surface area (Å²) in [5.74, 6) is 0.943. The molecule has 0 unspecified atom stereocenters. The maximum atomic E-state index is 13.2. The molecule has 33 heavy (non-hydrogen) atoms. The molecule has 1 aliphatic rings. The number of imidazole rings is 1. The van der Waals surface area contributed by atoms with E-state index in [0.29, 0.717) is 16.6 Å². The van der Waals surface area contributed by atoms with Crippen LogP contribution in [0.4, 0.5) is 9.52 Å². The Labute approximate surface area is 195 Å². The highest BCUT2D eigenvalue weighted by Gasteiger charge is 2.17. The van der Waals surface area contributed by atoms with E-state index in [1.165, 1.54) is 34.8 Å². The molecule has 6 rings (SSSR count). The molecule has 0 fully saturated rings. The Bertz CT molecular complexity index is 1490. The number of fused-ring (bicyclic) bond motifs is 2. The number of hydrogen-bond acceptors (Lipinski definition) is 7. The number of rotatable bonds is 5. The summed E-state index contributed by atoms with van der Waals surface area (Å²) in [7, 11) is 0. The number of nitrogens with one attached hydrogen (secondary N) is 1. The number of amides is 1. The van der Waals surface area contributed by atoms with Gasteiger partial charge in [0.2, 0.25) is 12.7 Å². The SMILES string of the molecule is O=C(Cc1csc2nc(-c3ccc(F)cc3)cn12)Nc1nc(-c2ccc3c(c2)OCO3)cs1. The topological polar surface area (TPSA) is 77.8 Å². The second kappa shape index (κ2) is 7.98. The van der Waals surface area contributed by atoms with Gasteiger partial charge >= 0.3 is 0 Å². The summed E-state index contributed by atoms with van der Waals surface area (Å²) in [5, 5.41) is 7.20. The molecule has 1 aliphatic heterocycles. The Hall–Kier alpha value is -3.76. The number of ether oxygens (including phenoxy) is 2. The molecular weight excluding hydrogens is 463 g/mol. The van der Waals surface area contributed by atoms with Crippen molar-refractivity contribution >= 4 is 38.7 Å². The van der Waals surface area contributed by atoms with Crippen LogP contribution in [0, 0.1) is 5.82 Å². The van der Waals surface area contributed by atoms with Crippen molar-refractivity contribution in [3.63, 3.8) is 0 Å². The van der Waals surface area contributed by atoms with E-state index in [0.717, 1.165) is 33.2 Å². The maximum absolute atomic E-state index is 13.2. The number of nitrogens with zero attached hydrogens (tertiary/aromatic N) is 3. The highest BCUT2D eigenvalue weighted by Crippen LogP contribution is 2.36. The summed E-state index contributed by atoms with van der Waals surface area (Å²) >= 11 is 2.82. The van der Waals surface area contributed by atoms with E-state index in [4.69, 9.17) is 9.47 Å². The molecule has 0 bridgehead atoms. The molecule has 2 aromatic carbocycles. The summed E-state index contributed by atoms with van der Waals surface area (Å²) in [6, 6.07) is 11.8. The second-order valence-corrected chi connectivity index (χ2v) is 9.04. The van der Waals surface area contributed by atoms with Gasteiger partial charge in [0.05, 0.1) is 17.8 Å². The van der Waals surface area contributed by atoms with E-state index in [1.54, 1.807) is 12.1 Å². The third kappa shape index (κ3) is 3.83. The van der Waals surface area contributed by atoms with Gasteiger partial charge in [0.1, 0.15) is 5.82 Å². The zero-order valence-electron chi connectivity index (χ0n) is 16.9. The Morgan fingerprint density at radius 3 is 2.70 bits per heavy atom. The van der Waals surface area contributed by atoms with Gasteiger partial charge in [-0.15, -0.1) is 22.7 Å². The number of carbonyl (C=O) groups is 1. The summed E-state index contributed by atoms with van der Waals surface area (Å²) in [6.07, 6.45) is 2.04. The van der Waals surface area contributed by atoms with Crippen LogP contribution in [0.1, 0.15) is 5.69 Å². The Balaban J connectivity index is 1.17. The lowest BCUT2D eigenvalue weighted by Gasteiger charge is -2.02. The molecule has 0 radical (unpaired) electrons. The van der Waals surface area contributed by atoms with Crippen molar-refractivity contribution in [3.8, 4) is 34.0 Å². The van der Waals surface area contributed by atoms with Crippen LogP contribution >= 0.6 is 22.7 Å². The first-order valence-corrected chi connectivity index (χ1v) is 11.8. The standard InChI is InChI=1S/C23H15FN4O3S2/c24-15-4-1-13(2-5-15)17-9-28-16(10-33-23(28)26-17)8-21(29)27-22-25-18(11-32-22)14-3-6-19-20(7-14)31-12-30-19/h1-7,9-11H,8,12H2,(H,25,27,29). The Morgan fingerprint density at radius 1 is 1.00 bits per heavy atom. The number of aromatic nitrogens is 3. The average molecular weight is 479 g/mol. The molecule has 0 spiro atoms. The number of thiazole rings is 2. The third-order valence-electron chi connectivity index (χ3n) is 5.18. The van der Waals surface area contributed by atoms with Gasteiger partial charge < -0.3 is 14.8 Å². The molecule has 1 N–H and O–H groups in total. The fourth-order valence-electron chi connectivity index (χ4n) is 3.56. The zero-order valence-corrected chi connectivity index (χ0v) is 18.6. The molecule has 0 saturated heterocycles. The monoisotopic (exact) mass is 478 g/mol. The molecule has 0 atom stereocenters. The van der Waals surface area contributed by atoms with Crippen LogP contribution < -0.4 is 14.8 Å². The molecule has 7 nitrogen and oxygen atoms in total. The predicted molar refractivity (Wildman–Crippen MR) is 124 cm³/mol. The molecule has 4 heterocycles. The van der Waals surface area contributed by atoms with Crippen molar-refractivity contribution in [2.75, 3.05) is 12.1 Å². The number of benzene rings is 2. The summed E-state index contributed by atoms with van der Waals surface area (Å²) in [4.78, 5) is 22.6. The Kier molecular flexibility index (Phi) is 4.81. The lowest BCUT2D eigenvalue weighted by atomic mass is 10.1. The van der Waals surface area contributed by atoms with Gasteiger partial charge in [-0.2, -0.15) is 0 Å². The molecule has 0 saturated carbocycles. The van der Waals surface area contributed by atoms with Crippen LogP contribution in [0.5, 0.6) is 11.5 Å². The number of hydrogen-bond donors (Lipinski definition) is 1. The van der Waals surface area contributed by atoms with Gasteiger partial charge in [-0.1, -0.05) is 0 Å². The van der Waals surface area contributed by atoms with E-state index in [1.807, 2.05) is 39.6 Å². The number of halogens is 1. The molecule has 0 aliphatic carbocycles. The first kappa shape index (κ1) is 19.9. The van der Waals surface area contributed by atoms with Gasteiger partial charge in [0, 0.05) is 33.8 Å². The summed E-state index contributed by atoms with van der Waals surface area (Å²) in [5.41, 5.74) is 4.02. The minimum absolute atomic E-state index is 0.168. The fraction of sp³-hybridized carbons (Fsp3) is 0.0870. The number of anilines is 1. The maximum Gasteiger partial charge on any atom is 0.232 e. The van der Waals surface area contributed by atoms with E-state index in [9.17, 15) is 9.18 Å². The van der Waals surface area contributed by atoms with Gasteiger partial charge in [-0.3, -0.25) is 9.20 Å². The van der Waals surface area contributed by atoms with Gasteiger partial charge in [0.15, 0.2) is 21.6 Å². The molecule has 1 amide bonds. The van der Waals surface area contributed by atoms with Crippen LogP contribution in [0.2, 0.25) is 0 Å². The average Bonchev–Trinajstić information content (AvgIpc) is 3.59. The first-order valence-electron chi connectivity index (χ1n) is 9.99. The summed E-state index contributed by atoms with van der Waals surface area (Å²) < 4.78 is 25.9. The minimum Gasteiger partial charge on any atom is -0.454 e. The first-order chi connectivity index (χ1) is 16.1.